The lowest BCUT2D eigenvalue weighted by atomic mass is 10.1. The quantitative estimate of drug-likeness (QED) is 0.746. The molecule has 1 amide bonds. The van der Waals surface area contributed by atoms with Gasteiger partial charge in [0.25, 0.3) is 0 Å². The smallest absolute Gasteiger partial charge is 0.236 e. The lowest BCUT2D eigenvalue weighted by Crippen LogP contribution is -2.46. The first kappa shape index (κ1) is 12.3. The second-order valence-electron chi connectivity index (χ2n) is 5.17. The predicted molar refractivity (Wildman–Crippen MR) is 68.3 cm³/mol. The normalized spacial score (nSPS) is 20.4. The van der Waals surface area contributed by atoms with E-state index in [1.54, 1.807) is 6.20 Å². The fourth-order valence-electron chi connectivity index (χ4n) is 2.66. The zero-order chi connectivity index (χ0) is 13.2. The third-order valence-electron chi connectivity index (χ3n) is 3.86. The maximum atomic E-state index is 12.2. The van der Waals surface area contributed by atoms with E-state index in [0.29, 0.717) is 32.5 Å². The molecule has 2 aliphatic heterocycles. The highest BCUT2D eigenvalue weighted by atomic mass is 16.2. The van der Waals surface area contributed by atoms with Gasteiger partial charge in [0.1, 0.15) is 11.6 Å². The van der Waals surface area contributed by atoms with Crippen LogP contribution in [-0.4, -0.2) is 57.2 Å². The molecular formula is C13H18N4O2. The largest absolute Gasteiger partial charge is 0.341 e. The standard InChI is InChI=1S/C13H18N4O2/c18-11-1-4-17(5-2-11)13(19)10-15-7-8-16-6-3-14-12(16)9-15/h3,6H,1-2,4-5,7-10H2. The van der Waals surface area contributed by atoms with E-state index in [1.807, 2.05) is 11.1 Å². The zero-order valence-corrected chi connectivity index (χ0v) is 10.9. The lowest BCUT2D eigenvalue weighted by molar-refractivity contribution is -0.135. The molecule has 1 aromatic heterocycles. The first-order valence-electron chi connectivity index (χ1n) is 6.74. The van der Waals surface area contributed by atoms with Crippen LogP contribution < -0.4 is 0 Å². The van der Waals surface area contributed by atoms with E-state index in [4.69, 9.17) is 0 Å². The van der Waals surface area contributed by atoms with E-state index in [-0.39, 0.29) is 11.7 Å². The zero-order valence-electron chi connectivity index (χ0n) is 10.9. The Kier molecular flexibility index (Phi) is 3.33. The number of carbonyl (C=O) groups is 2. The highest BCUT2D eigenvalue weighted by Gasteiger charge is 2.24. The highest BCUT2D eigenvalue weighted by molar-refractivity contribution is 5.84. The molecule has 0 spiro atoms. The van der Waals surface area contributed by atoms with E-state index < -0.39 is 0 Å². The second-order valence-corrected chi connectivity index (χ2v) is 5.17. The van der Waals surface area contributed by atoms with Gasteiger partial charge in [0.05, 0.1) is 13.1 Å². The monoisotopic (exact) mass is 262 g/mol. The van der Waals surface area contributed by atoms with Gasteiger partial charge >= 0.3 is 0 Å². The minimum atomic E-state index is 0.132. The molecule has 0 radical (unpaired) electrons. The van der Waals surface area contributed by atoms with Gasteiger partial charge in [-0.05, 0) is 0 Å². The van der Waals surface area contributed by atoms with Crippen molar-refractivity contribution in [3.8, 4) is 0 Å². The van der Waals surface area contributed by atoms with Gasteiger partial charge in [0.15, 0.2) is 0 Å². The van der Waals surface area contributed by atoms with Crippen LogP contribution in [-0.2, 0) is 22.7 Å². The Bertz CT molecular complexity index is 487. The molecule has 3 rings (SSSR count). The fourth-order valence-corrected chi connectivity index (χ4v) is 2.66. The Balaban J connectivity index is 1.54. The van der Waals surface area contributed by atoms with Crippen LogP contribution in [0.25, 0.3) is 0 Å². The molecule has 2 aliphatic rings. The molecule has 0 bridgehead atoms. The summed E-state index contributed by atoms with van der Waals surface area (Å²) in [5.74, 6) is 1.42. The highest BCUT2D eigenvalue weighted by Crippen LogP contribution is 2.11. The second kappa shape index (κ2) is 5.13. The Hall–Kier alpha value is -1.69. The number of aromatic nitrogens is 2. The van der Waals surface area contributed by atoms with Crippen LogP contribution in [0.3, 0.4) is 0 Å². The van der Waals surface area contributed by atoms with Crippen molar-refractivity contribution in [1.82, 2.24) is 19.4 Å². The first-order chi connectivity index (χ1) is 9.22. The molecular weight excluding hydrogens is 244 g/mol. The number of amides is 1. The van der Waals surface area contributed by atoms with Crippen LogP contribution in [0.2, 0.25) is 0 Å². The van der Waals surface area contributed by atoms with Crippen LogP contribution in [0.15, 0.2) is 12.4 Å². The molecule has 1 aromatic rings. The molecule has 0 aliphatic carbocycles. The molecule has 19 heavy (non-hydrogen) atoms. The number of hydrogen-bond donors (Lipinski definition) is 0. The number of likely N-dealkylation sites (tertiary alicyclic amines) is 1. The number of carbonyl (C=O) groups excluding carboxylic acids is 2. The summed E-state index contributed by atoms with van der Waals surface area (Å²) >= 11 is 0. The lowest BCUT2D eigenvalue weighted by Gasteiger charge is -2.31. The summed E-state index contributed by atoms with van der Waals surface area (Å²) in [6.07, 6.45) is 4.80. The van der Waals surface area contributed by atoms with Gasteiger partial charge in [0, 0.05) is 51.4 Å². The van der Waals surface area contributed by atoms with Crippen LogP contribution in [0, 0.1) is 0 Å². The summed E-state index contributed by atoms with van der Waals surface area (Å²) in [6, 6.07) is 0. The van der Waals surface area contributed by atoms with Gasteiger partial charge in [0.2, 0.25) is 5.91 Å². The average Bonchev–Trinajstić information content (AvgIpc) is 2.87. The molecule has 0 aromatic carbocycles. The third kappa shape index (κ3) is 2.68. The summed E-state index contributed by atoms with van der Waals surface area (Å²) in [5.41, 5.74) is 0. The molecule has 0 atom stereocenters. The van der Waals surface area contributed by atoms with Crippen LogP contribution in [0.5, 0.6) is 0 Å². The maximum Gasteiger partial charge on any atom is 0.236 e. The summed E-state index contributed by atoms with van der Waals surface area (Å²) in [4.78, 5) is 31.6. The van der Waals surface area contributed by atoms with Gasteiger partial charge in [-0.3, -0.25) is 14.5 Å². The molecule has 6 heteroatoms. The van der Waals surface area contributed by atoms with Crippen molar-refractivity contribution in [3.63, 3.8) is 0 Å². The number of piperidine rings is 1. The van der Waals surface area contributed by atoms with E-state index in [9.17, 15) is 9.59 Å². The molecule has 0 saturated carbocycles. The Morgan fingerprint density at radius 3 is 2.79 bits per heavy atom. The van der Waals surface area contributed by atoms with Crippen molar-refractivity contribution in [2.24, 2.45) is 0 Å². The van der Waals surface area contributed by atoms with Crippen molar-refractivity contribution >= 4 is 11.7 Å². The van der Waals surface area contributed by atoms with E-state index in [2.05, 4.69) is 14.5 Å². The molecule has 1 fully saturated rings. The first-order valence-corrected chi connectivity index (χ1v) is 6.74. The van der Waals surface area contributed by atoms with Crippen molar-refractivity contribution in [1.29, 1.82) is 0 Å². The number of rotatable bonds is 2. The van der Waals surface area contributed by atoms with Crippen molar-refractivity contribution in [2.45, 2.75) is 25.9 Å². The summed E-state index contributed by atoms with van der Waals surface area (Å²) in [7, 11) is 0. The van der Waals surface area contributed by atoms with Gasteiger partial charge in [-0.15, -0.1) is 0 Å². The van der Waals surface area contributed by atoms with Crippen molar-refractivity contribution in [2.75, 3.05) is 26.2 Å². The van der Waals surface area contributed by atoms with Gasteiger partial charge < -0.3 is 9.47 Å². The van der Waals surface area contributed by atoms with E-state index in [1.165, 1.54) is 0 Å². The maximum absolute atomic E-state index is 12.2. The van der Waals surface area contributed by atoms with Crippen LogP contribution in [0.4, 0.5) is 0 Å². The molecule has 6 nitrogen and oxygen atoms in total. The Morgan fingerprint density at radius 1 is 1.21 bits per heavy atom. The SMILES string of the molecule is O=C1CCN(C(=O)CN2CCn3ccnc3C2)CC1. The number of nitrogens with zero attached hydrogens (tertiary/aromatic N) is 4. The summed E-state index contributed by atoms with van der Waals surface area (Å²) < 4.78 is 2.13. The van der Waals surface area contributed by atoms with Crippen LogP contribution >= 0.6 is 0 Å². The minimum absolute atomic E-state index is 0.132. The Morgan fingerprint density at radius 2 is 2.00 bits per heavy atom. The van der Waals surface area contributed by atoms with Crippen molar-refractivity contribution in [3.05, 3.63) is 18.2 Å². The number of fused-ring (bicyclic) bond motifs is 1. The molecule has 1 saturated heterocycles. The van der Waals surface area contributed by atoms with Crippen molar-refractivity contribution < 1.29 is 9.59 Å². The topological polar surface area (TPSA) is 58.4 Å². The Labute approximate surface area is 112 Å². The molecule has 0 N–H and O–H groups in total. The fraction of sp³-hybridized carbons (Fsp3) is 0.615. The van der Waals surface area contributed by atoms with Gasteiger partial charge in [-0.1, -0.05) is 0 Å². The third-order valence-corrected chi connectivity index (χ3v) is 3.86. The number of imidazole rings is 1. The average molecular weight is 262 g/mol. The number of ketones is 1. The molecule has 3 heterocycles. The van der Waals surface area contributed by atoms with E-state index in [0.717, 1.165) is 25.5 Å². The molecule has 0 unspecified atom stereocenters. The predicted octanol–water partition coefficient (Wildman–Crippen LogP) is -0.110. The van der Waals surface area contributed by atoms with Gasteiger partial charge in [-0.2, -0.15) is 0 Å². The minimum Gasteiger partial charge on any atom is -0.341 e. The number of Topliss-reactive ketones (excluding diaryl/α,β-unsaturated/α-hetero) is 1. The number of hydrogen-bond acceptors (Lipinski definition) is 4. The summed E-state index contributed by atoms with van der Waals surface area (Å²) in [6.45, 7) is 4.09. The molecule has 102 valence electrons. The van der Waals surface area contributed by atoms with Gasteiger partial charge in [-0.25, -0.2) is 4.98 Å². The van der Waals surface area contributed by atoms with E-state index >= 15 is 0 Å². The van der Waals surface area contributed by atoms with Crippen LogP contribution in [0.1, 0.15) is 18.7 Å². The summed E-state index contributed by atoms with van der Waals surface area (Å²) in [5, 5.41) is 0.